The van der Waals surface area contributed by atoms with Crippen molar-refractivity contribution < 1.29 is 0 Å². The van der Waals surface area contributed by atoms with Crippen molar-refractivity contribution >= 4 is 11.6 Å². The Balaban J connectivity index is 2.23. The maximum atomic E-state index is 8.90. The molecule has 4 heteroatoms. The Morgan fingerprint density at radius 2 is 2.07 bits per heavy atom. The molecule has 2 rings (SSSR count). The predicted octanol–water partition coefficient (Wildman–Crippen LogP) is 1.63. The predicted molar refractivity (Wildman–Crippen MR) is 54.4 cm³/mol. The van der Waals surface area contributed by atoms with Gasteiger partial charge in [0.05, 0.1) is 18.0 Å². The smallest absolute Gasteiger partial charge is 0.0809 e. The third-order valence-electron chi connectivity index (χ3n) is 2.38. The van der Waals surface area contributed by atoms with Crippen molar-refractivity contribution in [2.45, 2.75) is 6.04 Å². The molecule has 0 radical (unpaired) electrons. The second-order valence-corrected chi connectivity index (χ2v) is 3.73. The zero-order valence-electron chi connectivity index (χ0n) is 7.50. The van der Waals surface area contributed by atoms with Gasteiger partial charge < -0.3 is 0 Å². The zero-order chi connectivity index (χ0) is 9.97. The van der Waals surface area contributed by atoms with Crippen LogP contribution >= 0.6 is 11.6 Å². The molecule has 2 unspecified atom stereocenters. The number of rotatable bonds is 1. The van der Waals surface area contributed by atoms with Crippen molar-refractivity contribution in [3.63, 3.8) is 0 Å². The normalized spacial score (nSPS) is 26.0. The largest absolute Gasteiger partial charge is 0.256 e. The first-order chi connectivity index (χ1) is 6.81. The van der Waals surface area contributed by atoms with E-state index in [-0.39, 0.29) is 12.0 Å². The Morgan fingerprint density at radius 1 is 1.36 bits per heavy atom. The molecule has 2 N–H and O–H groups in total. The average molecular weight is 208 g/mol. The fraction of sp³-hybridized carbons (Fsp3) is 0.300. The van der Waals surface area contributed by atoms with E-state index >= 15 is 0 Å². The van der Waals surface area contributed by atoms with Crippen molar-refractivity contribution in [1.29, 1.82) is 5.26 Å². The van der Waals surface area contributed by atoms with E-state index in [1.54, 1.807) is 0 Å². The average Bonchev–Trinajstić information content (AvgIpc) is 2.67. The number of nitriles is 1. The van der Waals surface area contributed by atoms with E-state index in [4.69, 9.17) is 16.9 Å². The fourth-order valence-electron chi connectivity index (χ4n) is 1.60. The van der Waals surface area contributed by atoms with Crippen LogP contribution in [0.1, 0.15) is 11.6 Å². The molecule has 1 saturated heterocycles. The Hall–Kier alpha value is -1.08. The maximum absolute atomic E-state index is 8.90. The van der Waals surface area contributed by atoms with Crippen LogP contribution in [-0.2, 0) is 0 Å². The van der Waals surface area contributed by atoms with E-state index in [1.165, 1.54) is 0 Å². The summed E-state index contributed by atoms with van der Waals surface area (Å²) in [6.07, 6.45) is 0. The second-order valence-electron chi connectivity index (χ2n) is 3.29. The van der Waals surface area contributed by atoms with Gasteiger partial charge in [0.1, 0.15) is 0 Å². The summed E-state index contributed by atoms with van der Waals surface area (Å²) in [5.41, 5.74) is 7.15. The summed E-state index contributed by atoms with van der Waals surface area (Å²) in [4.78, 5) is 0. The third kappa shape index (κ3) is 1.73. The highest BCUT2D eigenvalue weighted by Crippen LogP contribution is 2.25. The van der Waals surface area contributed by atoms with E-state index in [0.717, 1.165) is 5.56 Å². The number of hydrogen-bond acceptors (Lipinski definition) is 3. The highest BCUT2D eigenvalue weighted by atomic mass is 35.5. The quantitative estimate of drug-likeness (QED) is 0.736. The standard InChI is InChI=1S/C10H10ClN3/c11-9-3-1-7(2-4-9)10-8(5-12)6-13-14-10/h1-4,8,10,13-14H,6H2. The highest BCUT2D eigenvalue weighted by Gasteiger charge is 2.27. The minimum atomic E-state index is -0.0174. The number of hydrogen-bond donors (Lipinski definition) is 2. The van der Waals surface area contributed by atoms with Crippen LogP contribution in [0.25, 0.3) is 0 Å². The molecule has 1 aromatic carbocycles. The van der Waals surface area contributed by atoms with Crippen molar-refractivity contribution in [3.05, 3.63) is 34.9 Å². The molecule has 0 aliphatic carbocycles. The Labute approximate surface area is 87.7 Å². The summed E-state index contributed by atoms with van der Waals surface area (Å²) in [6, 6.07) is 9.90. The van der Waals surface area contributed by atoms with Crippen molar-refractivity contribution in [2.75, 3.05) is 6.54 Å². The van der Waals surface area contributed by atoms with Crippen LogP contribution in [0.3, 0.4) is 0 Å². The van der Waals surface area contributed by atoms with Crippen LogP contribution in [0.5, 0.6) is 0 Å². The van der Waals surface area contributed by atoms with Gasteiger partial charge in [-0.15, -0.1) is 0 Å². The van der Waals surface area contributed by atoms with Gasteiger partial charge in [-0.2, -0.15) is 5.26 Å². The minimum absolute atomic E-state index is 0.0174. The molecule has 3 nitrogen and oxygen atoms in total. The second kappa shape index (κ2) is 3.97. The molecule has 1 aromatic rings. The molecule has 1 heterocycles. The van der Waals surface area contributed by atoms with Gasteiger partial charge in [-0.1, -0.05) is 23.7 Å². The number of halogens is 1. The third-order valence-corrected chi connectivity index (χ3v) is 2.63. The molecule has 0 spiro atoms. The number of nitrogens with one attached hydrogen (secondary N) is 2. The topological polar surface area (TPSA) is 47.9 Å². The molecule has 1 aliphatic rings. The summed E-state index contributed by atoms with van der Waals surface area (Å²) in [5.74, 6) is -0.0174. The molecule has 0 bridgehead atoms. The van der Waals surface area contributed by atoms with Gasteiger partial charge in [-0.3, -0.25) is 5.43 Å². The lowest BCUT2D eigenvalue weighted by Gasteiger charge is -2.12. The summed E-state index contributed by atoms with van der Waals surface area (Å²) in [6.45, 7) is 0.684. The number of benzene rings is 1. The van der Waals surface area contributed by atoms with Crippen LogP contribution in [0, 0.1) is 17.2 Å². The lowest BCUT2D eigenvalue weighted by Crippen LogP contribution is -2.24. The summed E-state index contributed by atoms with van der Waals surface area (Å²) in [7, 11) is 0. The lowest BCUT2D eigenvalue weighted by molar-refractivity contribution is 0.545. The van der Waals surface area contributed by atoms with Crippen LogP contribution in [-0.4, -0.2) is 6.54 Å². The molecule has 2 atom stereocenters. The maximum Gasteiger partial charge on any atom is 0.0809 e. The van der Waals surface area contributed by atoms with E-state index in [9.17, 15) is 0 Å². The molecule has 0 aromatic heterocycles. The number of nitrogens with zero attached hydrogens (tertiary/aromatic N) is 1. The van der Waals surface area contributed by atoms with Crippen LogP contribution in [0.4, 0.5) is 0 Å². The Morgan fingerprint density at radius 3 is 2.71 bits per heavy atom. The summed E-state index contributed by atoms with van der Waals surface area (Å²) < 4.78 is 0. The molecule has 14 heavy (non-hydrogen) atoms. The molecule has 1 fully saturated rings. The molecule has 1 aliphatic heterocycles. The minimum Gasteiger partial charge on any atom is -0.256 e. The van der Waals surface area contributed by atoms with Crippen LogP contribution < -0.4 is 10.9 Å². The van der Waals surface area contributed by atoms with Gasteiger partial charge in [0, 0.05) is 11.6 Å². The van der Waals surface area contributed by atoms with Crippen LogP contribution in [0.15, 0.2) is 24.3 Å². The van der Waals surface area contributed by atoms with E-state index < -0.39 is 0 Å². The molecular weight excluding hydrogens is 198 g/mol. The zero-order valence-corrected chi connectivity index (χ0v) is 8.25. The molecule has 0 saturated carbocycles. The van der Waals surface area contributed by atoms with E-state index in [2.05, 4.69) is 16.9 Å². The first-order valence-corrected chi connectivity index (χ1v) is 4.82. The Bertz CT molecular complexity index is 355. The van der Waals surface area contributed by atoms with Crippen molar-refractivity contribution in [3.8, 4) is 6.07 Å². The first kappa shape index (κ1) is 9.47. The van der Waals surface area contributed by atoms with Crippen LogP contribution in [0.2, 0.25) is 5.02 Å². The van der Waals surface area contributed by atoms with Gasteiger partial charge in [0.25, 0.3) is 0 Å². The van der Waals surface area contributed by atoms with Gasteiger partial charge in [-0.25, -0.2) is 5.43 Å². The van der Waals surface area contributed by atoms with Gasteiger partial charge >= 0.3 is 0 Å². The van der Waals surface area contributed by atoms with Crippen molar-refractivity contribution in [2.24, 2.45) is 5.92 Å². The lowest BCUT2D eigenvalue weighted by atomic mass is 9.96. The SMILES string of the molecule is N#CC1CNNC1c1ccc(Cl)cc1. The van der Waals surface area contributed by atoms with Gasteiger partial charge in [0.15, 0.2) is 0 Å². The number of hydrazine groups is 1. The summed E-state index contributed by atoms with van der Waals surface area (Å²) in [5, 5.41) is 9.61. The summed E-state index contributed by atoms with van der Waals surface area (Å²) >= 11 is 5.79. The fourth-order valence-corrected chi connectivity index (χ4v) is 1.73. The van der Waals surface area contributed by atoms with Crippen molar-refractivity contribution in [1.82, 2.24) is 10.9 Å². The first-order valence-electron chi connectivity index (χ1n) is 4.45. The Kier molecular flexibility index (Phi) is 2.69. The van der Waals surface area contributed by atoms with E-state index in [1.807, 2.05) is 24.3 Å². The van der Waals surface area contributed by atoms with Gasteiger partial charge in [0.2, 0.25) is 0 Å². The molecule has 72 valence electrons. The molecular formula is C10H10ClN3. The molecule has 0 amide bonds. The van der Waals surface area contributed by atoms with Gasteiger partial charge in [-0.05, 0) is 17.7 Å². The van der Waals surface area contributed by atoms with E-state index in [0.29, 0.717) is 11.6 Å². The highest BCUT2D eigenvalue weighted by molar-refractivity contribution is 6.30. The monoisotopic (exact) mass is 207 g/mol.